The fraction of sp³-hybridized carbons (Fsp3) is 0. The molecule has 6 heteroatoms. The van der Waals surface area contributed by atoms with Crippen LogP contribution in [0.4, 0.5) is 0 Å². The van der Waals surface area contributed by atoms with E-state index in [-0.39, 0.29) is 0 Å². The monoisotopic (exact) mass is 164 g/mol. The van der Waals surface area contributed by atoms with Gasteiger partial charge < -0.3 is 5.11 Å². The molecule has 5 nitrogen and oxygen atoms in total. The number of carboxylic acid groups (broad SMARTS) is 1. The van der Waals surface area contributed by atoms with Crippen molar-refractivity contribution in [2.45, 2.75) is 0 Å². The minimum atomic E-state index is -1.38. The Kier molecular flexibility index (Phi) is 1.50. The van der Waals surface area contributed by atoms with Gasteiger partial charge in [-0.25, -0.2) is 4.79 Å². The van der Waals surface area contributed by atoms with Crippen molar-refractivity contribution in [2.75, 3.05) is 0 Å². The van der Waals surface area contributed by atoms with Crippen LogP contribution in [-0.2, 0) is 0 Å². The molecule has 54 valence electrons. The first-order valence-electron chi connectivity index (χ1n) is 2.15. The topological polar surface area (TPSA) is 80.7 Å². The molecule has 0 amide bonds. The summed E-state index contributed by atoms with van der Waals surface area (Å²) in [7, 11) is 0. The van der Waals surface area contributed by atoms with Crippen molar-refractivity contribution in [2.24, 2.45) is 0 Å². The number of hydrogen-bond acceptors (Lipinski definition) is 4. The SMILES string of the molecule is O=C(O)c1ooc1C(=O)Cl. The summed E-state index contributed by atoms with van der Waals surface area (Å²) in [5.74, 6) is -2.40. The van der Waals surface area contributed by atoms with Crippen molar-refractivity contribution < 1.29 is 23.8 Å². The molecule has 1 rings (SSSR count). The lowest BCUT2D eigenvalue weighted by atomic mass is 10.4. The zero-order valence-electron chi connectivity index (χ0n) is 4.46. The second-order valence-electron chi connectivity index (χ2n) is 1.40. The predicted octanol–water partition coefficient (Wildman–Crippen LogP) is 0.950. The third-order valence-corrected chi connectivity index (χ3v) is 0.959. The molecule has 0 aromatic carbocycles. The van der Waals surface area contributed by atoms with Crippen molar-refractivity contribution in [1.29, 1.82) is 0 Å². The first-order valence-corrected chi connectivity index (χ1v) is 2.52. The maximum Gasteiger partial charge on any atom is 0.381 e. The number of halogens is 1. The van der Waals surface area contributed by atoms with Crippen LogP contribution in [0.3, 0.4) is 0 Å². The molecular weight excluding hydrogens is 163 g/mol. The highest BCUT2D eigenvalue weighted by molar-refractivity contribution is 6.67. The molecule has 0 radical (unpaired) electrons. The van der Waals surface area contributed by atoms with Gasteiger partial charge in [0.1, 0.15) is 0 Å². The van der Waals surface area contributed by atoms with E-state index in [1.54, 1.807) is 0 Å². The van der Waals surface area contributed by atoms with Gasteiger partial charge in [-0.05, 0) is 11.6 Å². The predicted molar refractivity (Wildman–Crippen MR) is 28.1 cm³/mol. The van der Waals surface area contributed by atoms with Crippen molar-refractivity contribution in [1.82, 2.24) is 0 Å². The van der Waals surface area contributed by atoms with E-state index in [9.17, 15) is 9.59 Å². The van der Waals surface area contributed by atoms with Crippen LogP contribution in [0.5, 0.6) is 0 Å². The van der Waals surface area contributed by atoms with Crippen molar-refractivity contribution in [3.05, 3.63) is 11.5 Å². The molecule has 10 heavy (non-hydrogen) atoms. The molecule has 0 bridgehead atoms. The second-order valence-corrected chi connectivity index (χ2v) is 1.75. The van der Waals surface area contributed by atoms with Gasteiger partial charge in [-0.3, -0.25) is 13.9 Å². The van der Waals surface area contributed by atoms with E-state index in [0.29, 0.717) is 0 Å². The van der Waals surface area contributed by atoms with E-state index in [4.69, 9.17) is 16.7 Å². The second kappa shape index (κ2) is 2.18. The van der Waals surface area contributed by atoms with Crippen molar-refractivity contribution in [3.63, 3.8) is 0 Å². The molecule has 0 saturated carbocycles. The van der Waals surface area contributed by atoms with Crippen LogP contribution in [0, 0.1) is 0 Å². The molecule has 0 saturated heterocycles. The molecule has 0 aliphatic rings. The molecule has 0 atom stereocenters. The number of carbonyl (C=O) groups excluding carboxylic acids is 1. The number of carbonyl (C=O) groups is 2. The zero-order valence-corrected chi connectivity index (χ0v) is 5.21. The quantitative estimate of drug-likeness (QED) is 0.520. The van der Waals surface area contributed by atoms with Crippen LogP contribution in [0.15, 0.2) is 9.15 Å². The summed E-state index contributed by atoms with van der Waals surface area (Å²) < 4.78 is 7.92. The Labute approximate surface area is 59.1 Å². The maximum atomic E-state index is 10.2. The van der Waals surface area contributed by atoms with E-state index in [2.05, 4.69) is 9.15 Å². The average Bonchev–Trinajstić information content (AvgIpc) is 1.56. The summed E-state index contributed by atoms with van der Waals surface area (Å²) in [6.45, 7) is 0. The molecule has 0 unspecified atom stereocenters. The highest BCUT2D eigenvalue weighted by atomic mass is 35.5. The smallest absolute Gasteiger partial charge is 0.381 e. The number of rotatable bonds is 2. The Bertz CT molecular complexity index is 241. The minimum absolute atomic E-state index is 0.464. The van der Waals surface area contributed by atoms with Gasteiger partial charge in [0, 0.05) is 0 Å². The summed E-state index contributed by atoms with van der Waals surface area (Å²) in [5, 5.41) is 7.20. The van der Waals surface area contributed by atoms with E-state index in [1.807, 2.05) is 0 Å². The number of carboxylic acids is 1. The summed E-state index contributed by atoms with van der Waals surface area (Å²) in [6.07, 6.45) is 0. The fourth-order valence-corrected chi connectivity index (χ4v) is 0.497. The van der Waals surface area contributed by atoms with Crippen LogP contribution in [0.25, 0.3) is 0 Å². The summed E-state index contributed by atoms with van der Waals surface area (Å²) in [5.41, 5.74) is 0. The number of hydrogen-bond donors (Lipinski definition) is 1. The standard InChI is InChI=1S/C4HClO5/c5-3(6)1-2(4(7)8)10-9-1/h(H,7,8). The lowest BCUT2D eigenvalue weighted by molar-refractivity contribution is -0.0286. The van der Waals surface area contributed by atoms with E-state index in [1.165, 1.54) is 0 Å². The highest BCUT2D eigenvalue weighted by Gasteiger charge is 2.27. The molecule has 0 aliphatic heterocycles. The van der Waals surface area contributed by atoms with Gasteiger partial charge in [0.25, 0.3) is 11.0 Å². The first-order chi connectivity index (χ1) is 4.63. The Hall–Kier alpha value is -1.23. The molecule has 1 heterocycles. The minimum Gasteiger partial charge on any atom is -0.475 e. The lowest BCUT2D eigenvalue weighted by Crippen LogP contribution is -2.07. The van der Waals surface area contributed by atoms with Gasteiger partial charge >= 0.3 is 11.7 Å². The van der Waals surface area contributed by atoms with Crippen LogP contribution >= 0.6 is 11.6 Å². The Morgan fingerprint density at radius 2 is 1.80 bits per heavy atom. The number of aromatic carboxylic acids is 1. The van der Waals surface area contributed by atoms with Gasteiger partial charge in [0.15, 0.2) is 0 Å². The first kappa shape index (κ1) is 6.88. The average molecular weight is 164 g/mol. The largest absolute Gasteiger partial charge is 0.475 e. The zero-order chi connectivity index (χ0) is 7.72. The molecule has 0 spiro atoms. The molecule has 1 aromatic heterocycles. The lowest BCUT2D eigenvalue weighted by Gasteiger charge is -1.97. The summed E-state index contributed by atoms with van der Waals surface area (Å²) >= 11 is 4.85. The molecule has 0 fully saturated rings. The van der Waals surface area contributed by atoms with Gasteiger partial charge in [0.05, 0.1) is 0 Å². The van der Waals surface area contributed by atoms with Crippen molar-refractivity contribution >= 4 is 22.8 Å². The van der Waals surface area contributed by atoms with Crippen molar-refractivity contribution in [3.8, 4) is 0 Å². The van der Waals surface area contributed by atoms with Crippen LogP contribution < -0.4 is 0 Å². The highest BCUT2D eigenvalue weighted by Crippen LogP contribution is 2.15. The normalized spacial score (nSPS) is 9.70. The Morgan fingerprint density at radius 1 is 1.30 bits per heavy atom. The third-order valence-electron chi connectivity index (χ3n) is 0.787. The summed E-state index contributed by atoms with van der Waals surface area (Å²) in [6, 6.07) is 0. The third kappa shape index (κ3) is 0.906. The molecule has 1 N–H and O–H groups in total. The van der Waals surface area contributed by atoms with Gasteiger partial charge in [-0.2, -0.15) is 0 Å². The molecular formula is C4HClO5. The Balaban J connectivity index is 2.92. The van der Waals surface area contributed by atoms with E-state index >= 15 is 0 Å². The van der Waals surface area contributed by atoms with E-state index in [0.717, 1.165) is 0 Å². The van der Waals surface area contributed by atoms with Gasteiger partial charge in [-0.15, -0.1) is 0 Å². The van der Waals surface area contributed by atoms with E-state index < -0.39 is 22.7 Å². The van der Waals surface area contributed by atoms with Crippen LogP contribution in [0.1, 0.15) is 21.1 Å². The molecule has 0 aliphatic carbocycles. The fourth-order valence-electron chi connectivity index (χ4n) is 0.380. The van der Waals surface area contributed by atoms with Gasteiger partial charge in [-0.1, -0.05) is 0 Å². The van der Waals surface area contributed by atoms with Gasteiger partial charge in [0.2, 0.25) is 0 Å². The maximum absolute atomic E-state index is 10.2. The van der Waals surface area contributed by atoms with Crippen LogP contribution in [-0.4, -0.2) is 16.3 Å². The molecule has 1 aromatic rings. The summed E-state index contributed by atoms with van der Waals surface area (Å²) in [4.78, 5) is 20.2. The van der Waals surface area contributed by atoms with Crippen LogP contribution in [0.2, 0.25) is 0 Å². The Morgan fingerprint density at radius 3 is 1.90 bits per heavy atom.